The number of carbonyl (C=O) groups is 2. The molecule has 2 aromatic heterocycles. The van der Waals surface area contributed by atoms with Crippen molar-refractivity contribution in [2.45, 2.75) is 31.8 Å². The lowest BCUT2D eigenvalue weighted by atomic mass is 9.91. The summed E-state index contributed by atoms with van der Waals surface area (Å²) in [7, 11) is 0. The Morgan fingerprint density at radius 2 is 1.94 bits per heavy atom. The van der Waals surface area contributed by atoms with E-state index in [9.17, 15) is 9.59 Å². The van der Waals surface area contributed by atoms with E-state index in [1.54, 1.807) is 18.0 Å². The Hall–Kier alpha value is -3.42. The Kier molecular flexibility index (Phi) is 5.05. The number of ether oxygens (including phenoxy) is 1. The summed E-state index contributed by atoms with van der Waals surface area (Å²) < 4.78 is 6.17. The Balaban J connectivity index is 1.23. The van der Waals surface area contributed by atoms with Crippen LogP contribution in [0.2, 0.25) is 0 Å². The zero-order valence-corrected chi connectivity index (χ0v) is 17.5. The topological polar surface area (TPSA) is 91.4 Å². The van der Waals surface area contributed by atoms with E-state index in [-0.39, 0.29) is 23.8 Å². The zero-order chi connectivity index (χ0) is 21.4. The van der Waals surface area contributed by atoms with Crippen molar-refractivity contribution in [1.82, 2.24) is 24.8 Å². The number of imidazole rings is 1. The smallest absolute Gasteiger partial charge is 0.289 e. The molecule has 2 amide bonds. The molecule has 160 valence electrons. The summed E-state index contributed by atoms with van der Waals surface area (Å²) in [5, 5.41) is 0. The number of para-hydroxylation sites is 2. The first-order valence-corrected chi connectivity index (χ1v) is 10.7. The minimum Gasteiger partial charge on any atom is -0.470 e. The number of carbonyl (C=O) groups excluding carboxylic acids is 2. The Morgan fingerprint density at radius 3 is 2.74 bits per heavy atom. The molecule has 0 radical (unpaired) electrons. The highest BCUT2D eigenvalue weighted by Crippen LogP contribution is 2.33. The average Bonchev–Trinajstić information content (AvgIpc) is 3.20. The van der Waals surface area contributed by atoms with Crippen LogP contribution in [0.4, 0.5) is 0 Å². The van der Waals surface area contributed by atoms with E-state index < -0.39 is 0 Å². The van der Waals surface area contributed by atoms with Crippen LogP contribution in [0.5, 0.6) is 5.88 Å². The van der Waals surface area contributed by atoms with E-state index in [1.165, 1.54) is 0 Å². The van der Waals surface area contributed by atoms with Crippen molar-refractivity contribution in [3.05, 3.63) is 54.0 Å². The fourth-order valence-electron chi connectivity index (χ4n) is 4.37. The lowest BCUT2D eigenvalue weighted by molar-refractivity contribution is -0.130. The normalized spacial score (nSPS) is 19.3. The number of aromatic nitrogens is 3. The Labute approximate surface area is 180 Å². The third-order valence-electron chi connectivity index (χ3n) is 6.11. The second-order valence-corrected chi connectivity index (χ2v) is 8.25. The number of likely N-dealkylation sites (tertiary alicyclic amines) is 2. The molecule has 1 aromatic carbocycles. The van der Waals surface area contributed by atoms with Crippen LogP contribution in [-0.4, -0.2) is 68.8 Å². The maximum Gasteiger partial charge on any atom is 0.289 e. The molecular weight excluding hydrogens is 394 g/mol. The number of fused-ring (bicyclic) bond motifs is 1. The lowest BCUT2D eigenvalue weighted by Gasteiger charge is -2.39. The monoisotopic (exact) mass is 419 g/mol. The lowest BCUT2D eigenvalue weighted by Crippen LogP contribution is -2.56. The van der Waals surface area contributed by atoms with Crippen molar-refractivity contribution in [2.75, 3.05) is 26.2 Å². The van der Waals surface area contributed by atoms with Crippen molar-refractivity contribution >= 4 is 22.8 Å². The number of H-pyrrole nitrogens is 1. The van der Waals surface area contributed by atoms with E-state index in [1.807, 2.05) is 41.3 Å². The molecule has 0 saturated carbocycles. The Bertz CT molecular complexity index is 1090. The van der Waals surface area contributed by atoms with Crippen LogP contribution in [0.3, 0.4) is 0 Å². The number of aromatic amines is 1. The molecule has 2 saturated heterocycles. The highest BCUT2D eigenvalue weighted by molar-refractivity contribution is 5.94. The number of nitrogens with zero attached hydrogens (tertiary/aromatic N) is 4. The van der Waals surface area contributed by atoms with Gasteiger partial charge < -0.3 is 19.5 Å². The molecule has 0 bridgehead atoms. The van der Waals surface area contributed by atoms with Gasteiger partial charge in [0.2, 0.25) is 11.8 Å². The molecule has 31 heavy (non-hydrogen) atoms. The van der Waals surface area contributed by atoms with Gasteiger partial charge in [-0.3, -0.25) is 9.59 Å². The highest BCUT2D eigenvalue weighted by atomic mass is 16.5. The van der Waals surface area contributed by atoms with Gasteiger partial charge in [-0.15, -0.1) is 0 Å². The molecule has 1 N–H and O–H groups in total. The minimum atomic E-state index is -0.123. The molecule has 2 fully saturated rings. The summed E-state index contributed by atoms with van der Waals surface area (Å²) in [4.78, 5) is 40.1. The van der Waals surface area contributed by atoms with E-state index in [0.29, 0.717) is 31.3 Å². The van der Waals surface area contributed by atoms with Crippen molar-refractivity contribution < 1.29 is 14.3 Å². The molecule has 8 heteroatoms. The number of piperidine rings is 1. The van der Waals surface area contributed by atoms with Crippen molar-refractivity contribution in [3.63, 3.8) is 0 Å². The maximum absolute atomic E-state index is 12.7. The van der Waals surface area contributed by atoms with Gasteiger partial charge in [0.15, 0.2) is 5.82 Å². The van der Waals surface area contributed by atoms with Gasteiger partial charge in [0.1, 0.15) is 6.10 Å². The van der Waals surface area contributed by atoms with Crippen molar-refractivity contribution in [2.24, 2.45) is 0 Å². The van der Waals surface area contributed by atoms with Gasteiger partial charge in [0.05, 0.1) is 24.1 Å². The van der Waals surface area contributed by atoms with Crippen LogP contribution >= 0.6 is 0 Å². The van der Waals surface area contributed by atoms with Gasteiger partial charge in [-0.1, -0.05) is 18.2 Å². The third-order valence-corrected chi connectivity index (χ3v) is 6.11. The Morgan fingerprint density at radius 1 is 1.10 bits per heavy atom. The molecule has 3 aromatic rings. The van der Waals surface area contributed by atoms with E-state index in [0.717, 1.165) is 36.0 Å². The van der Waals surface area contributed by atoms with Gasteiger partial charge in [0, 0.05) is 37.7 Å². The van der Waals surface area contributed by atoms with Gasteiger partial charge >= 0.3 is 0 Å². The molecule has 0 unspecified atom stereocenters. The van der Waals surface area contributed by atoms with E-state index in [4.69, 9.17) is 4.74 Å². The number of benzene rings is 1. The predicted octanol–water partition coefficient (Wildman–Crippen LogP) is 2.59. The van der Waals surface area contributed by atoms with Crippen LogP contribution in [0, 0.1) is 0 Å². The summed E-state index contributed by atoms with van der Waals surface area (Å²) in [5.74, 6) is 1.16. The number of pyridine rings is 1. The molecular formula is C23H25N5O3. The summed E-state index contributed by atoms with van der Waals surface area (Å²) in [6.45, 7) is 4.11. The summed E-state index contributed by atoms with van der Waals surface area (Å²) in [6.07, 6.45) is 3.60. The molecule has 0 aliphatic carbocycles. The van der Waals surface area contributed by atoms with Gasteiger partial charge in [-0.2, -0.15) is 0 Å². The highest BCUT2D eigenvalue weighted by Gasteiger charge is 2.35. The summed E-state index contributed by atoms with van der Waals surface area (Å²) >= 11 is 0. The maximum atomic E-state index is 12.7. The number of hydrogen-bond acceptors (Lipinski definition) is 5. The largest absolute Gasteiger partial charge is 0.470 e. The van der Waals surface area contributed by atoms with Crippen molar-refractivity contribution in [3.8, 4) is 5.88 Å². The van der Waals surface area contributed by atoms with Crippen LogP contribution in [0.25, 0.3) is 11.0 Å². The van der Waals surface area contributed by atoms with E-state index in [2.05, 4.69) is 15.0 Å². The minimum absolute atomic E-state index is 0.102. The van der Waals surface area contributed by atoms with Crippen molar-refractivity contribution in [1.29, 1.82) is 0 Å². The summed E-state index contributed by atoms with van der Waals surface area (Å²) in [5.41, 5.74) is 2.67. The zero-order valence-electron chi connectivity index (χ0n) is 17.5. The van der Waals surface area contributed by atoms with Crippen LogP contribution in [0.1, 0.15) is 41.9 Å². The fraction of sp³-hybridized carbons (Fsp3) is 0.391. The number of amides is 2. The third kappa shape index (κ3) is 3.85. The molecule has 2 aliphatic rings. The fourth-order valence-corrected chi connectivity index (χ4v) is 4.37. The first-order valence-electron chi connectivity index (χ1n) is 10.7. The molecule has 5 rings (SSSR count). The van der Waals surface area contributed by atoms with Crippen LogP contribution in [0.15, 0.2) is 42.6 Å². The standard InChI is InChI=1S/C23H25N5O3/c1-15(29)27-11-5-6-16(12-27)18-7-4-10-24-22(18)31-17-13-28(14-17)23(30)21-25-19-8-2-3-9-20(19)26-21/h2-4,7-10,16-17H,5-6,11-14H2,1H3,(H,25,26)/t16-/m1/s1. The first-order chi connectivity index (χ1) is 15.1. The second kappa shape index (κ2) is 8.02. The first kappa shape index (κ1) is 19.5. The molecule has 0 spiro atoms. The number of hydrogen-bond donors (Lipinski definition) is 1. The molecule has 2 aliphatic heterocycles. The van der Waals surface area contributed by atoms with Crippen LogP contribution < -0.4 is 4.74 Å². The van der Waals surface area contributed by atoms with Crippen LogP contribution in [-0.2, 0) is 4.79 Å². The number of nitrogens with one attached hydrogen (secondary N) is 1. The van der Waals surface area contributed by atoms with Gasteiger partial charge in [-0.25, -0.2) is 9.97 Å². The average molecular weight is 419 g/mol. The molecule has 4 heterocycles. The SMILES string of the molecule is CC(=O)N1CCC[C@@H](c2cccnc2OC2CN(C(=O)c3nc4ccccc4[nH]3)C2)C1. The molecule has 8 nitrogen and oxygen atoms in total. The second-order valence-electron chi connectivity index (χ2n) is 8.25. The quantitative estimate of drug-likeness (QED) is 0.702. The van der Waals surface area contributed by atoms with Gasteiger partial charge in [0.25, 0.3) is 5.91 Å². The van der Waals surface area contributed by atoms with Gasteiger partial charge in [-0.05, 0) is 31.0 Å². The van der Waals surface area contributed by atoms with E-state index >= 15 is 0 Å². The predicted molar refractivity (Wildman–Crippen MR) is 115 cm³/mol. The summed E-state index contributed by atoms with van der Waals surface area (Å²) in [6, 6.07) is 11.5. The number of rotatable bonds is 4. The molecule has 1 atom stereocenters.